The molecule has 28 heavy (non-hydrogen) atoms. The Hall–Kier alpha value is -3.39. The van der Waals surface area contributed by atoms with E-state index in [9.17, 15) is 4.39 Å². The SMILES string of the molecule is Fc1cccc(N=C=S)c1-c1ccccc1-c1ccccc1-c1ccccc1. The maximum atomic E-state index is 14.9. The minimum Gasteiger partial charge on any atom is -0.206 e. The van der Waals surface area contributed by atoms with Crippen LogP contribution >= 0.6 is 12.2 Å². The minimum absolute atomic E-state index is 0.337. The summed E-state index contributed by atoms with van der Waals surface area (Å²) in [5.41, 5.74) is 5.84. The average Bonchev–Trinajstić information content (AvgIpc) is 2.75. The molecule has 0 amide bonds. The topological polar surface area (TPSA) is 12.4 Å². The fraction of sp³-hybridized carbons (Fsp3) is 0. The van der Waals surface area contributed by atoms with Crippen LogP contribution in [-0.4, -0.2) is 5.16 Å². The maximum absolute atomic E-state index is 14.9. The summed E-state index contributed by atoms with van der Waals surface area (Å²) in [4.78, 5) is 4.08. The third-order valence-electron chi connectivity index (χ3n) is 4.66. The van der Waals surface area contributed by atoms with Gasteiger partial charge in [-0.25, -0.2) is 4.39 Å². The zero-order valence-corrected chi connectivity index (χ0v) is 15.8. The van der Waals surface area contributed by atoms with Gasteiger partial charge in [-0.1, -0.05) is 84.9 Å². The van der Waals surface area contributed by atoms with E-state index in [1.807, 2.05) is 54.6 Å². The van der Waals surface area contributed by atoms with Gasteiger partial charge in [0, 0.05) is 5.56 Å². The lowest BCUT2D eigenvalue weighted by Gasteiger charge is -2.16. The summed E-state index contributed by atoms with van der Waals surface area (Å²) < 4.78 is 14.9. The summed E-state index contributed by atoms with van der Waals surface area (Å²) >= 11 is 4.76. The highest BCUT2D eigenvalue weighted by atomic mass is 32.1. The molecule has 0 saturated carbocycles. The highest BCUT2D eigenvalue weighted by Gasteiger charge is 2.17. The average molecular weight is 381 g/mol. The predicted octanol–water partition coefficient (Wildman–Crippen LogP) is 7.56. The van der Waals surface area contributed by atoms with E-state index >= 15 is 0 Å². The Morgan fingerprint density at radius 2 is 1.18 bits per heavy atom. The second-order valence-corrected chi connectivity index (χ2v) is 6.48. The number of hydrogen-bond donors (Lipinski definition) is 0. The van der Waals surface area contributed by atoms with Crippen LogP contribution in [0.3, 0.4) is 0 Å². The van der Waals surface area contributed by atoms with E-state index in [4.69, 9.17) is 12.2 Å². The molecular formula is C25H16FNS. The van der Waals surface area contributed by atoms with E-state index in [1.165, 1.54) is 6.07 Å². The van der Waals surface area contributed by atoms with E-state index in [2.05, 4.69) is 34.4 Å². The number of halogens is 1. The summed E-state index contributed by atoms with van der Waals surface area (Å²) in [7, 11) is 0. The first-order valence-corrected chi connectivity index (χ1v) is 9.31. The van der Waals surface area contributed by atoms with Gasteiger partial charge in [-0.05, 0) is 52.2 Å². The molecule has 0 bridgehead atoms. The molecule has 0 aliphatic carbocycles. The zero-order valence-electron chi connectivity index (χ0n) is 15.0. The normalized spacial score (nSPS) is 10.3. The monoisotopic (exact) mass is 381 g/mol. The number of rotatable bonds is 4. The Balaban J connectivity index is 2.00. The van der Waals surface area contributed by atoms with Gasteiger partial charge in [-0.2, -0.15) is 4.99 Å². The third kappa shape index (κ3) is 3.41. The van der Waals surface area contributed by atoms with Crippen LogP contribution in [-0.2, 0) is 0 Å². The van der Waals surface area contributed by atoms with Crippen molar-refractivity contribution in [2.75, 3.05) is 0 Å². The summed E-state index contributed by atoms with van der Waals surface area (Å²) in [6.07, 6.45) is 0. The van der Waals surface area contributed by atoms with Crippen LogP contribution in [0.1, 0.15) is 0 Å². The van der Waals surface area contributed by atoms with E-state index < -0.39 is 0 Å². The molecule has 4 aromatic carbocycles. The number of hydrogen-bond acceptors (Lipinski definition) is 2. The molecule has 4 rings (SSSR count). The first-order valence-electron chi connectivity index (χ1n) is 8.90. The molecule has 134 valence electrons. The molecule has 1 nitrogen and oxygen atoms in total. The number of aliphatic imine (C=N–C) groups is 1. The van der Waals surface area contributed by atoms with Crippen LogP contribution in [0.4, 0.5) is 10.1 Å². The van der Waals surface area contributed by atoms with E-state index in [0.717, 1.165) is 27.8 Å². The Morgan fingerprint density at radius 3 is 1.86 bits per heavy atom. The lowest BCUT2D eigenvalue weighted by atomic mass is 9.89. The van der Waals surface area contributed by atoms with Crippen molar-refractivity contribution in [2.24, 2.45) is 4.99 Å². The zero-order chi connectivity index (χ0) is 19.3. The van der Waals surface area contributed by atoms with Gasteiger partial charge in [0.2, 0.25) is 0 Å². The summed E-state index contributed by atoms with van der Waals surface area (Å²) in [5, 5.41) is 2.36. The van der Waals surface area contributed by atoms with E-state index in [0.29, 0.717) is 11.3 Å². The molecule has 0 aliphatic heterocycles. The van der Waals surface area contributed by atoms with Gasteiger partial charge < -0.3 is 0 Å². The molecule has 0 N–H and O–H groups in total. The quantitative estimate of drug-likeness (QED) is 0.262. The van der Waals surface area contributed by atoms with Crippen molar-refractivity contribution in [1.29, 1.82) is 0 Å². The highest BCUT2D eigenvalue weighted by Crippen LogP contribution is 2.41. The smallest absolute Gasteiger partial charge is 0.133 e. The lowest BCUT2D eigenvalue weighted by Crippen LogP contribution is -1.91. The number of nitrogens with zero attached hydrogens (tertiary/aromatic N) is 1. The van der Waals surface area contributed by atoms with Crippen molar-refractivity contribution in [3.8, 4) is 33.4 Å². The molecule has 4 aromatic rings. The summed E-state index contributed by atoms with van der Waals surface area (Å²) in [6, 6.07) is 30.9. The second-order valence-electron chi connectivity index (χ2n) is 6.29. The summed E-state index contributed by atoms with van der Waals surface area (Å²) in [6.45, 7) is 0. The van der Waals surface area contributed by atoms with Crippen LogP contribution in [0.15, 0.2) is 102 Å². The van der Waals surface area contributed by atoms with Gasteiger partial charge in [0.1, 0.15) is 5.82 Å². The molecule has 0 fully saturated rings. The minimum atomic E-state index is -0.337. The number of thiocarbonyl (C=S) groups is 1. The molecule has 0 saturated heterocycles. The van der Waals surface area contributed by atoms with E-state index in [-0.39, 0.29) is 5.82 Å². The first-order chi connectivity index (χ1) is 13.8. The van der Waals surface area contributed by atoms with Crippen LogP contribution in [0.25, 0.3) is 33.4 Å². The van der Waals surface area contributed by atoms with Crippen LogP contribution in [0, 0.1) is 5.82 Å². The van der Waals surface area contributed by atoms with Crippen molar-refractivity contribution in [3.05, 3.63) is 103 Å². The fourth-order valence-corrected chi connectivity index (χ4v) is 3.54. The largest absolute Gasteiger partial charge is 0.206 e. The Bertz CT molecular complexity index is 1180. The number of isothiocyanates is 1. The molecule has 0 aromatic heterocycles. The van der Waals surface area contributed by atoms with Crippen LogP contribution < -0.4 is 0 Å². The van der Waals surface area contributed by atoms with Crippen molar-refractivity contribution in [1.82, 2.24) is 0 Å². The van der Waals surface area contributed by atoms with Crippen molar-refractivity contribution >= 4 is 23.1 Å². The Labute approximate surface area is 168 Å². The van der Waals surface area contributed by atoms with E-state index in [1.54, 1.807) is 12.1 Å². The molecule has 0 atom stereocenters. The third-order valence-corrected chi connectivity index (χ3v) is 4.75. The van der Waals surface area contributed by atoms with Gasteiger partial charge in [0.05, 0.1) is 10.8 Å². The molecule has 0 unspecified atom stereocenters. The fourth-order valence-electron chi connectivity index (χ4n) is 3.45. The lowest BCUT2D eigenvalue weighted by molar-refractivity contribution is 0.631. The van der Waals surface area contributed by atoms with Gasteiger partial charge in [-0.15, -0.1) is 0 Å². The molecule has 0 radical (unpaired) electrons. The Morgan fingerprint density at radius 1 is 0.607 bits per heavy atom. The molecule has 0 heterocycles. The van der Waals surface area contributed by atoms with Crippen molar-refractivity contribution < 1.29 is 4.39 Å². The molecule has 0 spiro atoms. The Kier molecular flexibility index (Phi) is 5.20. The molecular weight excluding hydrogens is 365 g/mol. The molecule has 3 heteroatoms. The van der Waals surface area contributed by atoms with Gasteiger partial charge in [0.25, 0.3) is 0 Å². The van der Waals surface area contributed by atoms with Crippen molar-refractivity contribution in [3.63, 3.8) is 0 Å². The molecule has 0 aliphatic rings. The standard InChI is InChI=1S/C25H16FNS/c26-23-15-8-16-24(27-17-28)25(23)22-14-7-6-13-21(22)20-12-5-4-11-19(20)18-9-2-1-3-10-18/h1-16H. The maximum Gasteiger partial charge on any atom is 0.133 e. The predicted molar refractivity (Wildman–Crippen MR) is 117 cm³/mol. The van der Waals surface area contributed by atoms with Crippen LogP contribution in [0.5, 0.6) is 0 Å². The summed E-state index contributed by atoms with van der Waals surface area (Å²) in [5.74, 6) is -0.337. The second kappa shape index (κ2) is 8.10. The van der Waals surface area contributed by atoms with Gasteiger partial charge >= 0.3 is 0 Å². The highest BCUT2D eigenvalue weighted by molar-refractivity contribution is 7.78. The van der Waals surface area contributed by atoms with Crippen LogP contribution in [0.2, 0.25) is 0 Å². The number of benzene rings is 4. The first kappa shape index (κ1) is 18.0. The van der Waals surface area contributed by atoms with Gasteiger partial charge in [0.15, 0.2) is 0 Å². The van der Waals surface area contributed by atoms with Crippen molar-refractivity contribution in [2.45, 2.75) is 0 Å². The van der Waals surface area contributed by atoms with Gasteiger partial charge in [-0.3, -0.25) is 0 Å².